The standard InChI is InChI=1S/C13H14N2O/c1-14-10-11-5-7-12(8-6-11)16-13-4-2-3-9-15-13/h2-9,14H,10H2,1H3. The average molecular weight is 214 g/mol. The molecule has 82 valence electrons. The molecule has 0 spiro atoms. The topological polar surface area (TPSA) is 34.1 Å². The molecule has 16 heavy (non-hydrogen) atoms. The van der Waals surface area contributed by atoms with Crippen molar-refractivity contribution in [3.8, 4) is 11.6 Å². The molecule has 0 amide bonds. The van der Waals surface area contributed by atoms with E-state index in [2.05, 4.69) is 10.3 Å². The van der Waals surface area contributed by atoms with Crippen molar-refractivity contribution in [1.82, 2.24) is 10.3 Å². The molecule has 1 aromatic heterocycles. The summed E-state index contributed by atoms with van der Waals surface area (Å²) in [6.07, 6.45) is 1.71. The molecule has 1 aromatic carbocycles. The van der Waals surface area contributed by atoms with Crippen LogP contribution in [0.4, 0.5) is 0 Å². The summed E-state index contributed by atoms with van der Waals surface area (Å²) in [6.45, 7) is 0.865. The number of hydrogen-bond donors (Lipinski definition) is 1. The maximum absolute atomic E-state index is 5.58. The lowest BCUT2D eigenvalue weighted by molar-refractivity contribution is 0.462. The van der Waals surface area contributed by atoms with E-state index in [-0.39, 0.29) is 0 Å². The minimum absolute atomic E-state index is 0.615. The second kappa shape index (κ2) is 5.28. The van der Waals surface area contributed by atoms with Gasteiger partial charge in [0.25, 0.3) is 0 Å². The lowest BCUT2D eigenvalue weighted by Gasteiger charge is -2.05. The van der Waals surface area contributed by atoms with E-state index >= 15 is 0 Å². The van der Waals surface area contributed by atoms with E-state index in [0.29, 0.717) is 5.88 Å². The minimum Gasteiger partial charge on any atom is -0.439 e. The number of nitrogens with one attached hydrogen (secondary N) is 1. The van der Waals surface area contributed by atoms with Crippen LogP contribution in [0.1, 0.15) is 5.56 Å². The number of ether oxygens (including phenoxy) is 1. The number of pyridine rings is 1. The third-order valence-corrected chi connectivity index (χ3v) is 2.16. The Hall–Kier alpha value is -1.87. The van der Waals surface area contributed by atoms with Crippen molar-refractivity contribution in [2.24, 2.45) is 0 Å². The molecule has 3 nitrogen and oxygen atoms in total. The van der Waals surface area contributed by atoms with Gasteiger partial charge in [-0.1, -0.05) is 18.2 Å². The summed E-state index contributed by atoms with van der Waals surface area (Å²) in [5.74, 6) is 1.42. The van der Waals surface area contributed by atoms with Crippen molar-refractivity contribution >= 4 is 0 Å². The van der Waals surface area contributed by atoms with E-state index in [9.17, 15) is 0 Å². The summed E-state index contributed by atoms with van der Waals surface area (Å²) in [4.78, 5) is 4.10. The highest BCUT2D eigenvalue weighted by Gasteiger charge is 1.97. The van der Waals surface area contributed by atoms with Crippen LogP contribution in [-0.2, 0) is 6.54 Å². The maximum atomic E-state index is 5.58. The molecule has 0 saturated heterocycles. The molecule has 0 aliphatic carbocycles. The van der Waals surface area contributed by atoms with E-state index in [1.165, 1.54) is 5.56 Å². The van der Waals surface area contributed by atoms with Gasteiger partial charge in [-0.15, -0.1) is 0 Å². The van der Waals surface area contributed by atoms with Crippen LogP contribution in [0.5, 0.6) is 11.6 Å². The van der Waals surface area contributed by atoms with Crippen LogP contribution >= 0.6 is 0 Å². The Morgan fingerprint density at radius 2 is 1.94 bits per heavy atom. The predicted molar refractivity (Wildman–Crippen MR) is 63.5 cm³/mol. The average Bonchev–Trinajstić information content (AvgIpc) is 2.33. The summed E-state index contributed by atoms with van der Waals surface area (Å²) in [6, 6.07) is 13.6. The number of nitrogens with zero attached hydrogens (tertiary/aromatic N) is 1. The first-order chi connectivity index (χ1) is 7.88. The first-order valence-corrected chi connectivity index (χ1v) is 5.21. The van der Waals surface area contributed by atoms with Gasteiger partial charge in [-0.2, -0.15) is 0 Å². The molecule has 0 radical (unpaired) electrons. The zero-order chi connectivity index (χ0) is 11.2. The Labute approximate surface area is 95.1 Å². The Kier molecular flexibility index (Phi) is 3.51. The minimum atomic E-state index is 0.615. The van der Waals surface area contributed by atoms with Gasteiger partial charge in [-0.05, 0) is 30.8 Å². The summed E-state index contributed by atoms with van der Waals surface area (Å²) in [5, 5.41) is 3.10. The highest BCUT2D eigenvalue weighted by atomic mass is 16.5. The molecular formula is C13H14N2O. The monoisotopic (exact) mass is 214 g/mol. The Morgan fingerprint density at radius 1 is 1.12 bits per heavy atom. The van der Waals surface area contributed by atoms with E-state index in [1.807, 2.05) is 49.5 Å². The van der Waals surface area contributed by atoms with Gasteiger partial charge in [-0.25, -0.2) is 4.98 Å². The van der Waals surface area contributed by atoms with Crippen molar-refractivity contribution in [2.45, 2.75) is 6.54 Å². The van der Waals surface area contributed by atoms with Crippen molar-refractivity contribution in [3.05, 3.63) is 54.2 Å². The van der Waals surface area contributed by atoms with Crippen LogP contribution in [0, 0.1) is 0 Å². The normalized spacial score (nSPS) is 10.1. The lowest BCUT2D eigenvalue weighted by Crippen LogP contribution is -2.04. The summed E-state index contributed by atoms with van der Waals surface area (Å²) in [7, 11) is 1.93. The fourth-order valence-corrected chi connectivity index (χ4v) is 1.41. The number of rotatable bonds is 4. The fourth-order valence-electron chi connectivity index (χ4n) is 1.41. The molecule has 0 aliphatic heterocycles. The van der Waals surface area contributed by atoms with Crippen LogP contribution < -0.4 is 10.1 Å². The first kappa shape index (κ1) is 10.6. The predicted octanol–water partition coefficient (Wildman–Crippen LogP) is 2.59. The van der Waals surface area contributed by atoms with E-state index in [4.69, 9.17) is 4.74 Å². The molecule has 3 heteroatoms. The van der Waals surface area contributed by atoms with E-state index in [1.54, 1.807) is 6.20 Å². The van der Waals surface area contributed by atoms with Gasteiger partial charge in [-0.3, -0.25) is 0 Å². The molecule has 2 rings (SSSR count). The summed E-state index contributed by atoms with van der Waals surface area (Å²) < 4.78 is 5.58. The third-order valence-electron chi connectivity index (χ3n) is 2.16. The second-order valence-electron chi connectivity index (χ2n) is 3.44. The molecule has 0 fully saturated rings. The molecule has 2 aromatic rings. The Morgan fingerprint density at radius 3 is 2.56 bits per heavy atom. The van der Waals surface area contributed by atoms with Crippen molar-refractivity contribution in [2.75, 3.05) is 7.05 Å². The lowest BCUT2D eigenvalue weighted by atomic mass is 10.2. The van der Waals surface area contributed by atoms with Gasteiger partial charge in [0, 0.05) is 18.8 Å². The van der Waals surface area contributed by atoms with Gasteiger partial charge in [0.15, 0.2) is 0 Å². The van der Waals surface area contributed by atoms with Gasteiger partial charge in [0.2, 0.25) is 5.88 Å². The molecule has 1 N–H and O–H groups in total. The fraction of sp³-hybridized carbons (Fsp3) is 0.154. The molecule has 0 atom stereocenters. The zero-order valence-electron chi connectivity index (χ0n) is 9.18. The highest BCUT2D eigenvalue weighted by Crippen LogP contribution is 2.18. The van der Waals surface area contributed by atoms with Crippen LogP contribution in [0.2, 0.25) is 0 Å². The molecule has 0 bridgehead atoms. The van der Waals surface area contributed by atoms with Gasteiger partial charge in [0.1, 0.15) is 5.75 Å². The smallest absolute Gasteiger partial charge is 0.219 e. The van der Waals surface area contributed by atoms with Crippen LogP contribution in [-0.4, -0.2) is 12.0 Å². The largest absolute Gasteiger partial charge is 0.439 e. The zero-order valence-corrected chi connectivity index (χ0v) is 9.18. The van der Waals surface area contributed by atoms with Crippen LogP contribution in [0.15, 0.2) is 48.7 Å². The third kappa shape index (κ3) is 2.81. The Bertz CT molecular complexity index is 425. The SMILES string of the molecule is CNCc1ccc(Oc2ccccn2)cc1. The first-order valence-electron chi connectivity index (χ1n) is 5.21. The molecule has 0 aliphatic rings. The summed E-state index contributed by atoms with van der Waals surface area (Å²) in [5.41, 5.74) is 1.23. The molecule has 1 heterocycles. The van der Waals surface area contributed by atoms with E-state index < -0.39 is 0 Å². The van der Waals surface area contributed by atoms with Crippen LogP contribution in [0.3, 0.4) is 0 Å². The Balaban J connectivity index is 2.05. The maximum Gasteiger partial charge on any atom is 0.219 e. The highest BCUT2D eigenvalue weighted by molar-refractivity contribution is 5.30. The van der Waals surface area contributed by atoms with Gasteiger partial charge < -0.3 is 10.1 Å². The van der Waals surface area contributed by atoms with E-state index in [0.717, 1.165) is 12.3 Å². The van der Waals surface area contributed by atoms with Crippen molar-refractivity contribution in [1.29, 1.82) is 0 Å². The van der Waals surface area contributed by atoms with Gasteiger partial charge in [0.05, 0.1) is 0 Å². The molecular weight excluding hydrogens is 200 g/mol. The van der Waals surface area contributed by atoms with Crippen molar-refractivity contribution < 1.29 is 4.74 Å². The molecule has 0 unspecified atom stereocenters. The van der Waals surface area contributed by atoms with Crippen LogP contribution in [0.25, 0.3) is 0 Å². The quantitative estimate of drug-likeness (QED) is 0.849. The van der Waals surface area contributed by atoms with Gasteiger partial charge >= 0.3 is 0 Å². The second-order valence-corrected chi connectivity index (χ2v) is 3.44. The number of benzene rings is 1. The number of aromatic nitrogens is 1. The number of hydrogen-bond acceptors (Lipinski definition) is 3. The molecule has 0 saturated carbocycles. The van der Waals surface area contributed by atoms with Crippen molar-refractivity contribution in [3.63, 3.8) is 0 Å². The summed E-state index contributed by atoms with van der Waals surface area (Å²) >= 11 is 0.